The van der Waals surface area contributed by atoms with E-state index in [0.29, 0.717) is 23.5 Å². The molecular weight excluding hydrogens is 254 g/mol. The number of amides is 1. The minimum Gasteiger partial charge on any atom is -0.491 e. The fraction of sp³-hybridized carbons (Fsp3) is 0.385. The molecule has 0 saturated carbocycles. The summed E-state index contributed by atoms with van der Waals surface area (Å²) in [7, 11) is 0. The molecule has 1 amide bonds. The van der Waals surface area contributed by atoms with Crippen LogP contribution in [0.2, 0.25) is 0 Å². The lowest BCUT2D eigenvalue weighted by Crippen LogP contribution is -2.36. The summed E-state index contributed by atoms with van der Waals surface area (Å²) < 4.78 is 5.65. The number of benzene rings is 1. The van der Waals surface area contributed by atoms with Crippen LogP contribution in [0, 0.1) is 0 Å². The Morgan fingerprint density at radius 1 is 1.44 bits per heavy atom. The Morgan fingerprint density at radius 2 is 2.28 bits per heavy atom. The van der Waals surface area contributed by atoms with Gasteiger partial charge in [-0.3, -0.25) is 9.59 Å². The molecule has 2 aliphatic rings. The quantitative estimate of drug-likeness (QED) is 0.730. The Hall–Kier alpha value is -1.55. The van der Waals surface area contributed by atoms with E-state index in [2.05, 4.69) is 0 Å². The van der Waals surface area contributed by atoms with E-state index >= 15 is 0 Å². The molecule has 5 heteroatoms. The van der Waals surface area contributed by atoms with Gasteiger partial charge < -0.3 is 9.64 Å². The Balaban J connectivity index is 2.05. The molecule has 0 bridgehead atoms. The van der Waals surface area contributed by atoms with Crippen molar-refractivity contribution in [2.24, 2.45) is 0 Å². The van der Waals surface area contributed by atoms with E-state index in [1.54, 1.807) is 12.1 Å². The highest BCUT2D eigenvalue weighted by Gasteiger charge is 2.34. The highest BCUT2D eigenvalue weighted by molar-refractivity contribution is 6.67. The molecular formula is C13H12ClNO3. The van der Waals surface area contributed by atoms with Crippen molar-refractivity contribution in [3.8, 4) is 5.75 Å². The highest BCUT2D eigenvalue weighted by Crippen LogP contribution is 2.30. The van der Waals surface area contributed by atoms with Gasteiger partial charge in [-0.1, -0.05) is 0 Å². The fourth-order valence-electron chi connectivity index (χ4n) is 2.56. The van der Waals surface area contributed by atoms with E-state index in [-0.39, 0.29) is 11.9 Å². The van der Waals surface area contributed by atoms with E-state index in [0.717, 1.165) is 19.4 Å². The molecule has 94 valence electrons. The van der Waals surface area contributed by atoms with Crippen LogP contribution < -0.4 is 4.74 Å². The summed E-state index contributed by atoms with van der Waals surface area (Å²) in [6.07, 6.45) is 1.98. The van der Waals surface area contributed by atoms with Crippen LogP contribution in [0.1, 0.15) is 33.6 Å². The van der Waals surface area contributed by atoms with Crippen molar-refractivity contribution in [2.45, 2.75) is 18.9 Å². The minimum atomic E-state index is -0.562. The number of nitrogens with zero attached hydrogens (tertiary/aromatic N) is 1. The van der Waals surface area contributed by atoms with Crippen molar-refractivity contribution in [3.05, 3.63) is 29.3 Å². The van der Waals surface area contributed by atoms with Crippen molar-refractivity contribution in [1.29, 1.82) is 0 Å². The molecule has 1 aromatic rings. The number of ether oxygens (including phenoxy) is 1. The van der Waals surface area contributed by atoms with Crippen LogP contribution in [0.4, 0.5) is 0 Å². The average molecular weight is 266 g/mol. The fourth-order valence-corrected chi connectivity index (χ4v) is 2.68. The van der Waals surface area contributed by atoms with E-state index < -0.39 is 5.24 Å². The predicted octanol–water partition coefficient (Wildman–Crippen LogP) is 2.06. The van der Waals surface area contributed by atoms with Crippen LogP contribution in [0.3, 0.4) is 0 Å². The number of rotatable bonds is 1. The molecule has 1 aromatic carbocycles. The smallest absolute Gasteiger partial charge is 0.258 e. The van der Waals surface area contributed by atoms with Gasteiger partial charge in [0.05, 0.1) is 11.6 Å². The van der Waals surface area contributed by atoms with Gasteiger partial charge in [0, 0.05) is 12.1 Å². The third kappa shape index (κ3) is 1.77. The van der Waals surface area contributed by atoms with E-state index in [1.807, 2.05) is 4.90 Å². The topological polar surface area (TPSA) is 46.6 Å². The van der Waals surface area contributed by atoms with Gasteiger partial charge in [-0.05, 0) is 42.6 Å². The number of carbonyl (C=O) groups is 2. The normalized spacial score (nSPS) is 21.9. The van der Waals surface area contributed by atoms with E-state index in [4.69, 9.17) is 16.3 Å². The van der Waals surface area contributed by atoms with Crippen LogP contribution >= 0.6 is 11.6 Å². The number of fused-ring (bicyclic) bond motifs is 2. The Labute approximate surface area is 109 Å². The summed E-state index contributed by atoms with van der Waals surface area (Å²) in [4.78, 5) is 25.4. The zero-order valence-electron chi connectivity index (χ0n) is 9.69. The molecule has 0 aliphatic carbocycles. The maximum absolute atomic E-state index is 12.4. The second kappa shape index (κ2) is 4.28. The summed E-state index contributed by atoms with van der Waals surface area (Å²) in [5, 5.41) is -0.562. The standard InChI is InChI=1S/C13H12ClNO3/c14-12(16)8-3-4-11-10(6-8)13(17)15-5-1-2-9(15)7-18-11/h3-4,6,9H,1-2,5,7H2/t9-/m0/s1. The third-order valence-corrected chi connectivity index (χ3v) is 3.72. The largest absolute Gasteiger partial charge is 0.491 e. The number of carbonyl (C=O) groups excluding carboxylic acids is 2. The second-order valence-corrected chi connectivity index (χ2v) is 4.93. The van der Waals surface area contributed by atoms with Crippen molar-refractivity contribution in [2.75, 3.05) is 13.2 Å². The van der Waals surface area contributed by atoms with Crippen LogP contribution in [0.15, 0.2) is 18.2 Å². The van der Waals surface area contributed by atoms with Crippen molar-refractivity contribution in [1.82, 2.24) is 4.90 Å². The van der Waals surface area contributed by atoms with Crippen LogP contribution in [0.5, 0.6) is 5.75 Å². The lowest BCUT2D eigenvalue weighted by atomic mass is 10.1. The summed E-state index contributed by atoms with van der Waals surface area (Å²) in [6.45, 7) is 1.28. The molecule has 2 heterocycles. The summed E-state index contributed by atoms with van der Waals surface area (Å²) in [6, 6.07) is 4.90. The molecule has 18 heavy (non-hydrogen) atoms. The molecule has 1 saturated heterocycles. The van der Waals surface area contributed by atoms with Gasteiger partial charge in [-0.15, -0.1) is 0 Å². The Kier molecular flexibility index (Phi) is 2.74. The molecule has 3 rings (SSSR count). The monoisotopic (exact) mass is 265 g/mol. The SMILES string of the molecule is O=C(Cl)c1ccc2c(c1)C(=O)N1CCC[C@H]1CO2. The van der Waals surface area contributed by atoms with E-state index in [1.165, 1.54) is 6.07 Å². The van der Waals surface area contributed by atoms with Gasteiger partial charge in [0.15, 0.2) is 0 Å². The van der Waals surface area contributed by atoms with Crippen LogP contribution in [-0.4, -0.2) is 35.2 Å². The van der Waals surface area contributed by atoms with E-state index in [9.17, 15) is 9.59 Å². The first-order valence-electron chi connectivity index (χ1n) is 5.94. The summed E-state index contributed by atoms with van der Waals surface area (Å²) >= 11 is 5.44. The third-order valence-electron chi connectivity index (χ3n) is 3.51. The minimum absolute atomic E-state index is 0.0650. The second-order valence-electron chi connectivity index (χ2n) is 4.59. The molecule has 0 spiro atoms. The zero-order chi connectivity index (χ0) is 12.7. The van der Waals surface area contributed by atoms with Gasteiger partial charge in [-0.2, -0.15) is 0 Å². The zero-order valence-corrected chi connectivity index (χ0v) is 10.4. The molecule has 0 aromatic heterocycles. The van der Waals surface area contributed by atoms with Gasteiger partial charge >= 0.3 is 0 Å². The molecule has 0 radical (unpaired) electrons. The maximum Gasteiger partial charge on any atom is 0.258 e. The Bertz CT molecular complexity index is 529. The number of halogens is 1. The van der Waals surface area contributed by atoms with Crippen molar-refractivity contribution in [3.63, 3.8) is 0 Å². The van der Waals surface area contributed by atoms with Gasteiger partial charge in [-0.25, -0.2) is 0 Å². The average Bonchev–Trinajstić information content (AvgIpc) is 2.79. The van der Waals surface area contributed by atoms with Gasteiger partial charge in [0.1, 0.15) is 12.4 Å². The van der Waals surface area contributed by atoms with Crippen LogP contribution in [0.25, 0.3) is 0 Å². The first kappa shape index (κ1) is 11.5. The van der Waals surface area contributed by atoms with Gasteiger partial charge in [0.25, 0.3) is 11.1 Å². The molecule has 2 aliphatic heterocycles. The Morgan fingerprint density at radius 3 is 3.06 bits per heavy atom. The molecule has 0 N–H and O–H groups in total. The first-order chi connectivity index (χ1) is 8.66. The highest BCUT2D eigenvalue weighted by atomic mass is 35.5. The molecule has 1 fully saturated rings. The maximum atomic E-state index is 12.4. The van der Waals surface area contributed by atoms with Crippen LogP contribution in [-0.2, 0) is 0 Å². The van der Waals surface area contributed by atoms with Gasteiger partial charge in [0.2, 0.25) is 0 Å². The number of hydrogen-bond acceptors (Lipinski definition) is 3. The molecule has 1 atom stereocenters. The number of hydrogen-bond donors (Lipinski definition) is 0. The van der Waals surface area contributed by atoms with Crippen molar-refractivity contribution < 1.29 is 14.3 Å². The van der Waals surface area contributed by atoms with Crippen molar-refractivity contribution >= 4 is 22.8 Å². The summed E-state index contributed by atoms with van der Waals surface area (Å²) in [5.41, 5.74) is 0.760. The molecule has 4 nitrogen and oxygen atoms in total. The lowest BCUT2D eigenvalue weighted by Gasteiger charge is -2.20. The lowest BCUT2D eigenvalue weighted by molar-refractivity contribution is 0.0726. The molecule has 0 unspecified atom stereocenters. The predicted molar refractivity (Wildman–Crippen MR) is 66.2 cm³/mol. The first-order valence-corrected chi connectivity index (χ1v) is 6.32. The summed E-state index contributed by atoms with van der Waals surface area (Å²) in [5.74, 6) is 0.473.